The molecule has 0 N–H and O–H groups in total. The van der Waals surface area contributed by atoms with Crippen LogP contribution in [0.15, 0.2) is 47.8 Å². The highest BCUT2D eigenvalue weighted by atomic mass is 32.1. The van der Waals surface area contributed by atoms with E-state index in [0.717, 1.165) is 19.3 Å². The number of hydrogen-bond acceptors (Lipinski definition) is 1. The van der Waals surface area contributed by atoms with Gasteiger partial charge in [0.15, 0.2) is 0 Å². The molecule has 0 spiro atoms. The summed E-state index contributed by atoms with van der Waals surface area (Å²) in [6, 6.07) is 14.9. The first kappa shape index (κ1) is 13.9. The molecule has 1 heteroatoms. The maximum Gasteiger partial charge on any atom is 0.0129 e. The Hall–Kier alpha value is -1.52. The second-order valence-corrected chi connectivity index (χ2v) is 5.66. The van der Waals surface area contributed by atoms with Gasteiger partial charge in [-0.15, -0.1) is 23.2 Å². The molecule has 0 aliphatic carbocycles. The average molecular weight is 268 g/mol. The van der Waals surface area contributed by atoms with E-state index in [1.807, 2.05) is 11.3 Å². The minimum Gasteiger partial charge on any atom is -0.149 e. The van der Waals surface area contributed by atoms with Gasteiger partial charge in [-0.1, -0.05) is 36.4 Å². The van der Waals surface area contributed by atoms with Crippen molar-refractivity contribution in [2.24, 2.45) is 0 Å². The van der Waals surface area contributed by atoms with E-state index in [2.05, 4.69) is 59.7 Å². The van der Waals surface area contributed by atoms with E-state index in [4.69, 9.17) is 0 Å². The molecule has 2 rings (SSSR count). The fourth-order valence-corrected chi connectivity index (χ4v) is 2.75. The molecule has 0 nitrogen and oxygen atoms in total. The Bertz CT molecular complexity index is 500. The molecule has 0 fully saturated rings. The first-order chi connectivity index (χ1) is 9.45. The van der Waals surface area contributed by atoms with Crippen LogP contribution >= 0.6 is 11.3 Å². The van der Waals surface area contributed by atoms with Gasteiger partial charge in [-0.2, -0.15) is 0 Å². The molecule has 2 aromatic rings. The Balaban J connectivity index is 1.53. The molecule has 0 bridgehead atoms. The Labute approximate surface area is 120 Å². The quantitative estimate of drug-likeness (QED) is 0.505. The lowest BCUT2D eigenvalue weighted by Crippen LogP contribution is -1.82. The Morgan fingerprint density at radius 2 is 1.63 bits per heavy atom. The highest BCUT2D eigenvalue weighted by Crippen LogP contribution is 2.12. The van der Waals surface area contributed by atoms with Crippen LogP contribution in [0.1, 0.15) is 36.1 Å². The first-order valence-corrected chi connectivity index (χ1v) is 7.85. The lowest BCUT2D eigenvalue weighted by Gasteiger charge is -1.95. The molecule has 98 valence electrons. The number of rotatable bonds is 6. The fourth-order valence-electron chi connectivity index (χ4n) is 2.00. The highest BCUT2D eigenvalue weighted by Gasteiger charge is 1.92. The van der Waals surface area contributed by atoms with Gasteiger partial charge < -0.3 is 0 Å². The van der Waals surface area contributed by atoms with Gasteiger partial charge in [0.05, 0.1) is 0 Å². The van der Waals surface area contributed by atoms with E-state index in [0.29, 0.717) is 0 Å². The van der Waals surface area contributed by atoms with E-state index in [-0.39, 0.29) is 0 Å². The van der Waals surface area contributed by atoms with Crippen molar-refractivity contribution in [1.29, 1.82) is 0 Å². The molecule has 0 aliphatic heterocycles. The van der Waals surface area contributed by atoms with Gasteiger partial charge in [-0.25, -0.2) is 0 Å². The van der Waals surface area contributed by atoms with Crippen LogP contribution < -0.4 is 0 Å². The molecular weight excluding hydrogens is 248 g/mol. The number of benzene rings is 1. The van der Waals surface area contributed by atoms with Crippen LogP contribution in [-0.4, -0.2) is 0 Å². The SMILES string of the molecule is C(#CCCc1ccccc1)CCCCc1cccs1. The van der Waals surface area contributed by atoms with Gasteiger partial charge in [0, 0.05) is 17.7 Å². The van der Waals surface area contributed by atoms with Crippen LogP contribution in [0, 0.1) is 11.8 Å². The van der Waals surface area contributed by atoms with E-state index in [9.17, 15) is 0 Å². The second-order valence-electron chi connectivity index (χ2n) is 4.63. The van der Waals surface area contributed by atoms with Gasteiger partial charge in [0.1, 0.15) is 0 Å². The van der Waals surface area contributed by atoms with Crippen molar-refractivity contribution in [3.05, 3.63) is 58.3 Å². The summed E-state index contributed by atoms with van der Waals surface area (Å²) in [6.07, 6.45) is 6.78. The van der Waals surface area contributed by atoms with Gasteiger partial charge in [0.25, 0.3) is 0 Å². The van der Waals surface area contributed by atoms with Crippen molar-refractivity contribution in [2.75, 3.05) is 0 Å². The minimum absolute atomic E-state index is 0.981. The number of aryl methyl sites for hydroxylation is 2. The smallest absolute Gasteiger partial charge is 0.0129 e. The number of thiophene rings is 1. The van der Waals surface area contributed by atoms with Crippen LogP contribution in [0.3, 0.4) is 0 Å². The number of unbranched alkanes of at least 4 members (excludes halogenated alkanes) is 2. The zero-order valence-corrected chi connectivity index (χ0v) is 12.1. The van der Waals surface area contributed by atoms with E-state index < -0.39 is 0 Å². The normalized spacial score (nSPS) is 9.89. The second kappa shape index (κ2) is 8.56. The first-order valence-electron chi connectivity index (χ1n) is 6.97. The monoisotopic (exact) mass is 268 g/mol. The van der Waals surface area contributed by atoms with Crippen molar-refractivity contribution >= 4 is 11.3 Å². The van der Waals surface area contributed by atoms with E-state index >= 15 is 0 Å². The maximum absolute atomic E-state index is 3.29. The molecule has 0 saturated heterocycles. The molecule has 1 aromatic carbocycles. The lowest BCUT2D eigenvalue weighted by atomic mass is 10.1. The van der Waals surface area contributed by atoms with Gasteiger partial charge in [-0.3, -0.25) is 0 Å². The average Bonchev–Trinajstić information content (AvgIpc) is 2.96. The summed E-state index contributed by atoms with van der Waals surface area (Å²) in [5.74, 6) is 6.57. The standard InChI is InChI=1S/C18H20S/c1(2-4-9-14-18-15-10-16-19-18)3-6-11-17-12-7-5-8-13-17/h5,7-8,10,12-13,15-16H,2,4,6,9,11,14H2. The predicted molar refractivity (Wildman–Crippen MR) is 84.4 cm³/mol. The Morgan fingerprint density at radius 1 is 0.789 bits per heavy atom. The molecule has 0 saturated carbocycles. The molecule has 0 atom stereocenters. The predicted octanol–water partition coefficient (Wildman–Crippen LogP) is 5.10. The molecule has 0 amide bonds. The molecule has 0 unspecified atom stereocenters. The molecule has 1 heterocycles. The van der Waals surface area contributed by atoms with Crippen molar-refractivity contribution in [2.45, 2.75) is 38.5 Å². The van der Waals surface area contributed by atoms with E-state index in [1.54, 1.807) is 0 Å². The van der Waals surface area contributed by atoms with Crippen LogP contribution in [0.25, 0.3) is 0 Å². The minimum atomic E-state index is 0.981. The lowest BCUT2D eigenvalue weighted by molar-refractivity contribution is 0.763. The Kier molecular flexibility index (Phi) is 6.26. The summed E-state index contributed by atoms with van der Waals surface area (Å²) in [5.41, 5.74) is 1.38. The summed E-state index contributed by atoms with van der Waals surface area (Å²) in [4.78, 5) is 1.50. The molecule has 0 aliphatic rings. The maximum atomic E-state index is 3.29. The molecule has 19 heavy (non-hydrogen) atoms. The third-order valence-corrected chi connectivity index (χ3v) is 4.00. The molecule has 0 radical (unpaired) electrons. The fraction of sp³-hybridized carbons (Fsp3) is 0.333. The van der Waals surface area contributed by atoms with Crippen LogP contribution in [0.5, 0.6) is 0 Å². The van der Waals surface area contributed by atoms with Gasteiger partial charge in [0.2, 0.25) is 0 Å². The van der Waals surface area contributed by atoms with Gasteiger partial charge >= 0.3 is 0 Å². The van der Waals surface area contributed by atoms with Crippen molar-refractivity contribution < 1.29 is 0 Å². The third kappa shape index (κ3) is 5.77. The summed E-state index contributed by atoms with van der Waals surface area (Å²) in [7, 11) is 0. The van der Waals surface area contributed by atoms with Crippen molar-refractivity contribution in [1.82, 2.24) is 0 Å². The summed E-state index contributed by atoms with van der Waals surface area (Å²) < 4.78 is 0. The van der Waals surface area contributed by atoms with Crippen LogP contribution in [-0.2, 0) is 12.8 Å². The topological polar surface area (TPSA) is 0 Å². The number of hydrogen-bond donors (Lipinski definition) is 0. The largest absolute Gasteiger partial charge is 0.149 e. The van der Waals surface area contributed by atoms with Crippen LogP contribution in [0.4, 0.5) is 0 Å². The van der Waals surface area contributed by atoms with Crippen molar-refractivity contribution in [3.8, 4) is 11.8 Å². The third-order valence-electron chi connectivity index (χ3n) is 3.06. The highest BCUT2D eigenvalue weighted by molar-refractivity contribution is 7.09. The molecule has 1 aromatic heterocycles. The van der Waals surface area contributed by atoms with Crippen molar-refractivity contribution in [3.63, 3.8) is 0 Å². The van der Waals surface area contributed by atoms with E-state index in [1.165, 1.54) is 29.7 Å². The Morgan fingerprint density at radius 3 is 2.42 bits per heavy atom. The summed E-state index contributed by atoms with van der Waals surface area (Å²) in [5, 5.41) is 2.15. The summed E-state index contributed by atoms with van der Waals surface area (Å²) >= 11 is 1.86. The zero-order chi connectivity index (χ0) is 13.2. The van der Waals surface area contributed by atoms with Crippen LogP contribution in [0.2, 0.25) is 0 Å². The summed E-state index contributed by atoms with van der Waals surface area (Å²) in [6.45, 7) is 0. The zero-order valence-electron chi connectivity index (χ0n) is 11.3. The molecular formula is C18H20S. The van der Waals surface area contributed by atoms with Gasteiger partial charge in [-0.05, 0) is 42.7 Å².